The van der Waals surface area contributed by atoms with E-state index in [0.717, 1.165) is 5.56 Å². The van der Waals surface area contributed by atoms with Gasteiger partial charge in [0.2, 0.25) is 5.76 Å². The third kappa shape index (κ3) is 1.94. The molecule has 0 saturated carbocycles. The molecule has 0 radical (unpaired) electrons. The quantitative estimate of drug-likeness (QED) is 0.546. The predicted molar refractivity (Wildman–Crippen MR) is 61.9 cm³/mol. The van der Waals surface area contributed by atoms with Gasteiger partial charge in [-0.1, -0.05) is 0 Å². The molecule has 17 heavy (non-hydrogen) atoms. The minimum Gasteiger partial charge on any atom is -0.505 e. The molecule has 0 spiro atoms. The van der Waals surface area contributed by atoms with E-state index in [2.05, 4.69) is 0 Å². The Hall–Kier alpha value is -2.43. The summed E-state index contributed by atoms with van der Waals surface area (Å²) in [6.07, 6.45) is 0. The molecule has 4 N–H and O–H groups in total. The van der Waals surface area contributed by atoms with Gasteiger partial charge >= 0.3 is 5.97 Å². The van der Waals surface area contributed by atoms with Gasteiger partial charge in [-0.25, -0.2) is 4.79 Å². The largest absolute Gasteiger partial charge is 0.505 e. The number of carboxylic acid groups (broad SMARTS) is 1. The SMILES string of the molecule is Cc1cc(N)c(O)c(-c2ccc(C(=O)O)o2)c1. The third-order valence-electron chi connectivity index (χ3n) is 2.37. The van der Waals surface area contributed by atoms with Crippen molar-refractivity contribution in [3.63, 3.8) is 0 Å². The Bertz CT molecular complexity index is 586. The van der Waals surface area contributed by atoms with Gasteiger partial charge in [-0.15, -0.1) is 0 Å². The molecule has 0 amide bonds. The first-order chi connectivity index (χ1) is 7.99. The minimum atomic E-state index is -1.16. The molecule has 1 aromatic carbocycles. The molecule has 0 aliphatic carbocycles. The first-order valence-corrected chi connectivity index (χ1v) is 4.91. The van der Waals surface area contributed by atoms with Crippen LogP contribution in [0.1, 0.15) is 16.1 Å². The molecule has 0 aliphatic rings. The molecule has 2 aromatic rings. The maximum absolute atomic E-state index is 10.7. The number of phenolic OH excluding ortho intramolecular Hbond substituents is 1. The van der Waals surface area contributed by atoms with Crippen molar-refractivity contribution in [3.8, 4) is 17.1 Å². The number of aromatic hydroxyl groups is 1. The van der Waals surface area contributed by atoms with Crippen molar-refractivity contribution in [3.05, 3.63) is 35.6 Å². The summed E-state index contributed by atoms with van der Waals surface area (Å²) in [5, 5.41) is 18.5. The van der Waals surface area contributed by atoms with Crippen molar-refractivity contribution in [1.29, 1.82) is 0 Å². The summed E-state index contributed by atoms with van der Waals surface area (Å²) < 4.78 is 5.11. The lowest BCUT2D eigenvalue weighted by molar-refractivity contribution is 0.0663. The van der Waals surface area contributed by atoms with Crippen molar-refractivity contribution in [2.75, 3.05) is 5.73 Å². The molecule has 1 aromatic heterocycles. The lowest BCUT2D eigenvalue weighted by atomic mass is 10.1. The van der Waals surface area contributed by atoms with E-state index in [1.807, 2.05) is 6.92 Å². The highest BCUT2D eigenvalue weighted by molar-refractivity contribution is 5.86. The first kappa shape index (κ1) is 11.1. The van der Waals surface area contributed by atoms with E-state index in [4.69, 9.17) is 15.3 Å². The average molecular weight is 233 g/mol. The summed E-state index contributed by atoms with van der Waals surface area (Å²) >= 11 is 0. The van der Waals surface area contributed by atoms with E-state index >= 15 is 0 Å². The van der Waals surface area contributed by atoms with E-state index in [-0.39, 0.29) is 23.0 Å². The van der Waals surface area contributed by atoms with E-state index < -0.39 is 5.97 Å². The van der Waals surface area contributed by atoms with E-state index in [9.17, 15) is 9.90 Å². The van der Waals surface area contributed by atoms with Crippen molar-refractivity contribution >= 4 is 11.7 Å². The molecule has 0 bridgehead atoms. The molecule has 2 rings (SSSR count). The van der Waals surface area contributed by atoms with Gasteiger partial charge in [0.15, 0.2) is 0 Å². The van der Waals surface area contributed by atoms with E-state index in [1.165, 1.54) is 12.1 Å². The summed E-state index contributed by atoms with van der Waals surface area (Å²) in [5.74, 6) is -1.17. The molecule has 1 heterocycles. The summed E-state index contributed by atoms with van der Waals surface area (Å²) in [7, 11) is 0. The lowest BCUT2D eigenvalue weighted by Crippen LogP contribution is -1.92. The van der Waals surface area contributed by atoms with Crippen LogP contribution in [0.2, 0.25) is 0 Å². The Morgan fingerprint density at radius 1 is 1.35 bits per heavy atom. The number of phenols is 1. The number of nitrogen functional groups attached to an aromatic ring is 1. The van der Waals surface area contributed by atoms with Crippen LogP contribution in [0.5, 0.6) is 5.75 Å². The van der Waals surface area contributed by atoms with Gasteiger partial charge in [0.25, 0.3) is 0 Å². The Balaban J connectivity index is 2.56. The Morgan fingerprint density at radius 2 is 2.06 bits per heavy atom. The highest BCUT2D eigenvalue weighted by Crippen LogP contribution is 2.35. The monoisotopic (exact) mass is 233 g/mol. The van der Waals surface area contributed by atoms with Crippen LogP contribution in [0.3, 0.4) is 0 Å². The number of furan rings is 1. The van der Waals surface area contributed by atoms with Gasteiger partial charge in [0, 0.05) is 0 Å². The van der Waals surface area contributed by atoms with Crippen molar-refractivity contribution in [2.45, 2.75) is 6.92 Å². The standard InChI is InChI=1S/C12H11NO4/c1-6-4-7(11(14)8(13)5-6)9-2-3-10(17-9)12(15)16/h2-5,14H,13H2,1H3,(H,15,16). The summed E-state index contributed by atoms with van der Waals surface area (Å²) in [5.41, 5.74) is 7.08. The normalized spacial score (nSPS) is 10.4. The molecular weight excluding hydrogens is 222 g/mol. The van der Waals surface area contributed by atoms with Crippen LogP contribution in [0, 0.1) is 6.92 Å². The van der Waals surface area contributed by atoms with Gasteiger partial charge in [-0.05, 0) is 36.8 Å². The number of hydrogen-bond acceptors (Lipinski definition) is 4. The van der Waals surface area contributed by atoms with Gasteiger partial charge < -0.3 is 20.4 Å². The Kier molecular flexibility index (Phi) is 2.51. The third-order valence-corrected chi connectivity index (χ3v) is 2.37. The Labute approximate surface area is 97.1 Å². The van der Waals surface area contributed by atoms with Crippen molar-refractivity contribution in [2.24, 2.45) is 0 Å². The fraction of sp³-hybridized carbons (Fsp3) is 0.0833. The first-order valence-electron chi connectivity index (χ1n) is 4.91. The lowest BCUT2D eigenvalue weighted by Gasteiger charge is -2.06. The number of anilines is 1. The highest BCUT2D eigenvalue weighted by atomic mass is 16.4. The van der Waals surface area contributed by atoms with Crippen LogP contribution in [0.4, 0.5) is 5.69 Å². The number of carbonyl (C=O) groups is 1. The van der Waals surface area contributed by atoms with Crippen LogP contribution in [-0.4, -0.2) is 16.2 Å². The summed E-state index contributed by atoms with van der Waals surface area (Å²) in [6.45, 7) is 1.82. The smallest absolute Gasteiger partial charge is 0.371 e. The maximum Gasteiger partial charge on any atom is 0.371 e. The maximum atomic E-state index is 10.7. The zero-order valence-corrected chi connectivity index (χ0v) is 9.10. The number of benzene rings is 1. The molecule has 5 heteroatoms. The fourth-order valence-corrected chi connectivity index (χ4v) is 1.59. The molecule has 0 atom stereocenters. The van der Waals surface area contributed by atoms with Gasteiger partial charge in [-0.2, -0.15) is 0 Å². The van der Waals surface area contributed by atoms with Crippen molar-refractivity contribution in [1.82, 2.24) is 0 Å². The molecule has 0 saturated heterocycles. The van der Waals surface area contributed by atoms with E-state index in [0.29, 0.717) is 5.56 Å². The number of aromatic carboxylic acids is 1. The van der Waals surface area contributed by atoms with Crippen LogP contribution < -0.4 is 5.73 Å². The van der Waals surface area contributed by atoms with Gasteiger partial charge in [0.1, 0.15) is 11.5 Å². The number of carboxylic acids is 1. The van der Waals surface area contributed by atoms with Crippen LogP contribution in [0.25, 0.3) is 11.3 Å². The zero-order chi connectivity index (χ0) is 12.6. The van der Waals surface area contributed by atoms with Crippen LogP contribution in [-0.2, 0) is 0 Å². The second-order valence-electron chi connectivity index (χ2n) is 3.72. The molecule has 88 valence electrons. The van der Waals surface area contributed by atoms with Gasteiger partial charge in [-0.3, -0.25) is 0 Å². The summed E-state index contributed by atoms with van der Waals surface area (Å²) in [6, 6.07) is 6.11. The molecule has 0 fully saturated rings. The molecular formula is C12H11NO4. The second-order valence-corrected chi connectivity index (χ2v) is 3.72. The Morgan fingerprint density at radius 3 is 2.65 bits per heavy atom. The molecule has 0 unspecified atom stereocenters. The molecule has 0 aliphatic heterocycles. The predicted octanol–water partition coefficient (Wildman–Crippen LogP) is 2.24. The summed E-state index contributed by atoms with van der Waals surface area (Å²) in [4.78, 5) is 10.7. The number of rotatable bonds is 2. The molecule has 5 nitrogen and oxygen atoms in total. The second kappa shape index (κ2) is 3.86. The topological polar surface area (TPSA) is 96.7 Å². The zero-order valence-electron chi connectivity index (χ0n) is 9.10. The number of hydrogen-bond donors (Lipinski definition) is 3. The van der Waals surface area contributed by atoms with Crippen LogP contribution >= 0.6 is 0 Å². The van der Waals surface area contributed by atoms with Crippen molar-refractivity contribution < 1.29 is 19.4 Å². The highest BCUT2D eigenvalue weighted by Gasteiger charge is 2.15. The number of aryl methyl sites for hydroxylation is 1. The minimum absolute atomic E-state index is 0.109. The van der Waals surface area contributed by atoms with E-state index in [1.54, 1.807) is 12.1 Å². The fourth-order valence-electron chi connectivity index (χ4n) is 1.59. The van der Waals surface area contributed by atoms with Gasteiger partial charge in [0.05, 0.1) is 11.3 Å². The number of nitrogens with two attached hydrogens (primary N) is 1. The average Bonchev–Trinajstić information content (AvgIpc) is 2.72. The van der Waals surface area contributed by atoms with Crippen LogP contribution in [0.15, 0.2) is 28.7 Å².